The summed E-state index contributed by atoms with van der Waals surface area (Å²) in [4.78, 5) is 11.6. The van der Waals surface area contributed by atoms with Crippen molar-refractivity contribution in [3.05, 3.63) is 35.9 Å². The lowest BCUT2D eigenvalue weighted by Gasteiger charge is -2.08. The van der Waals surface area contributed by atoms with E-state index < -0.39 is 0 Å². The van der Waals surface area contributed by atoms with Crippen molar-refractivity contribution in [2.24, 2.45) is 5.92 Å². The third kappa shape index (κ3) is 7.90. The van der Waals surface area contributed by atoms with Crippen molar-refractivity contribution in [2.75, 3.05) is 18.9 Å². The van der Waals surface area contributed by atoms with Gasteiger partial charge in [0.05, 0.1) is 5.75 Å². The van der Waals surface area contributed by atoms with Crippen molar-refractivity contribution in [1.29, 1.82) is 0 Å². The fourth-order valence-electron chi connectivity index (χ4n) is 1.66. The highest BCUT2D eigenvalue weighted by atomic mass is 32.2. The highest BCUT2D eigenvalue weighted by molar-refractivity contribution is 7.99. The van der Waals surface area contributed by atoms with Crippen LogP contribution < -0.4 is 5.32 Å². The lowest BCUT2D eigenvalue weighted by Crippen LogP contribution is -2.26. The zero-order chi connectivity index (χ0) is 13.9. The van der Waals surface area contributed by atoms with Gasteiger partial charge in [-0.1, -0.05) is 37.3 Å². The number of aliphatic hydroxyl groups is 1. The molecule has 0 aliphatic carbocycles. The second-order valence-corrected chi connectivity index (χ2v) is 5.74. The minimum Gasteiger partial charge on any atom is -0.396 e. The number of nitrogens with one attached hydrogen (secondary N) is 1. The Morgan fingerprint density at radius 2 is 2.11 bits per heavy atom. The van der Waals surface area contributed by atoms with E-state index in [1.54, 1.807) is 11.8 Å². The van der Waals surface area contributed by atoms with Gasteiger partial charge in [0, 0.05) is 18.9 Å². The smallest absolute Gasteiger partial charge is 0.230 e. The SMILES string of the molecule is CC(CO)CCCNC(=O)CSCc1ccccc1. The molecule has 1 aromatic carbocycles. The van der Waals surface area contributed by atoms with Crippen LogP contribution >= 0.6 is 11.8 Å². The molecule has 1 aromatic rings. The molecule has 1 unspecified atom stereocenters. The predicted molar refractivity (Wildman–Crippen MR) is 81.1 cm³/mol. The monoisotopic (exact) mass is 281 g/mol. The Labute approximate surface area is 119 Å². The molecule has 19 heavy (non-hydrogen) atoms. The topological polar surface area (TPSA) is 49.3 Å². The lowest BCUT2D eigenvalue weighted by atomic mass is 10.1. The Morgan fingerprint density at radius 1 is 1.37 bits per heavy atom. The number of benzene rings is 1. The number of hydrogen-bond acceptors (Lipinski definition) is 3. The van der Waals surface area contributed by atoms with Crippen LogP contribution in [-0.2, 0) is 10.5 Å². The lowest BCUT2D eigenvalue weighted by molar-refractivity contribution is -0.118. The summed E-state index contributed by atoms with van der Waals surface area (Å²) >= 11 is 1.63. The van der Waals surface area contributed by atoms with Crippen molar-refractivity contribution in [3.63, 3.8) is 0 Å². The normalized spacial score (nSPS) is 12.1. The van der Waals surface area contributed by atoms with E-state index in [0.717, 1.165) is 18.6 Å². The molecule has 0 bridgehead atoms. The molecule has 0 saturated carbocycles. The molecule has 0 aliphatic heterocycles. The Balaban J connectivity index is 2.02. The standard InChI is InChI=1S/C15H23NO2S/c1-13(10-17)6-5-9-16-15(18)12-19-11-14-7-3-2-4-8-14/h2-4,7-8,13,17H,5-6,9-12H2,1H3,(H,16,18). The number of aliphatic hydroxyl groups excluding tert-OH is 1. The quantitative estimate of drug-likeness (QED) is 0.684. The first-order valence-corrected chi connectivity index (χ1v) is 7.87. The molecule has 2 N–H and O–H groups in total. The number of carbonyl (C=O) groups excluding carboxylic acids is 1. The van der Waals surface area contributed by atoms with Crippen LogP contribution in [0.2, 0.25) is 0 Å². The Hall–Kier alpha value is -1.00. The van der Waals surface area contributed by atoms with Crippen LogP contribution in [0.3, 0.4) is 0 Å². The Bertz CT molecular complexity index is 356. The van der Waals surface area contributed by atoms with Crippen molar-refractivity contribution >= 4 is 17.7 Å². The maximum Gasteiger partial charge on any atom is 0.230 e. The molecule has 0 aromatic heterocycles. The Morgan fingerprint density at radius 3 is 2.79 bits per heavy atom. The summed E-state index contributed by atoms with van der Waals surface area (Å²) in [5.41, 5.74) is 1.25. The fraction of sp³-hybridized carbons (Fsp3) is 0.533. The summed E-state index contributed by atoms with van der Waals surface area (Å²) in [6, 6.07) is 10.2. The van der Waals surface area contributed by atoms with E-state index >= 15 is 0 Å². The first kappa shape index (κ1) is 16.1. The van der Waals surface area contributed by atoms with Gasteiger partial charge >= 0.3 is 0 Å². The predicted octanol–water partition coefficient (Wildman–Crippen LogP) is 2.44. The second-order valence-electron chi connectivity index (χ2n) is 4.76. The van der Waals surface area contributed by atoms with Crippen LogP contribution in [0.4, 0.5) is 0 Å². The van der Waals surface area contributed by atoms with Gasteiger partial charge in [-0.2, -0.15) is 0 Å². The summed E-state index contributed by atoms with van der Waals surface area (Å²) in [6.07, 6.45) is 1.88. The van der Waals surface area contributed by atoms with Crippen molar-refractivity contribution in [3.8, 4) is 0 Å². The van der Waals surface area contributed by atoms with Gasteiger partial charge < -0.3 is 10.4 Å². The first-order valence-electron chi connectivity index (χ1n) is 6.71. The highest BCUT2D eigenvalue weighted by Crippen LogP contribution is 2.11. The van der Waals surface area contributed by atoms with E-state index in [9.17, 15) is 4.79 Å². The van der Waals surface area contributed by atoms with Gasteiger partial charge in [-0.15, -0.1) is 11.8 Å². The minimum atomic E-state index is 0.0950. The Kier molecular flexibility index (Phi) is 8.34. The molecule has 0 aliphatic rings. The molecule has 106 valence electrons. The third-order valence-corrected chi connectivity index (χ3v) is 3.86. The first-order chi connectivity index (χ1) is 9.22. The fourth-order valence-corrected chi connectivity index (χ4v) is 2.47. The van der Waals surface area contributed by atoms with Gasteiger partial charge in [0.1, 0.15) is 0 Å². The molecule has 0 spiro atoms. The van der Waals surface area contributed by atoms with Gasteiger partial charge in [0.25, 0.3) is 0 Å². The molecular formula is C15H23NO2S. The summed E-state index contributed by atoms with van der Waals surface area (Å²) < 4.78 is 0. The number of amides is 1. The van der Waals surface area contributed by atoms with Crippen molar-refractivity contribution < 1.29 is 9.90 Å². The minimum absolute atomic E-state index is 0.0950. The summed E-state index contributed by atoms with van der Waals surface area (Å²) in [5.74, 6) is 1.79. The van der Waals surface area contributed by atoms with E-state index in [4.69, 9.17) is 5.11 Å². The maximum atomic E-state index is 11.6. The molecule has 0 heterocycles. The van der Waals surface area contributed by atoms with Crippen molar-refractivity contribution in [2.45, 2.75) is 25.5 Å². The number of rotatable bonds is 9. The van der Waals surface area contributed by atoms with E-state index in [1.165, 1.54) is 5.56 Å². The molecule has 1 atom stereocenters. The van der Waals surface area contributed by atoms with Gasteiger partial charge in [0.2, 0.25) is 5.91 Å². The van der Waals surface area contributed by atoms with Crippen LogP contribution in [0.1, 0.15) is 25.3 Å². The van der Waals surface area contributed by atoms with E-state index in [-0.39, 0.29) is 12.5 Å². The van der Waals surface area contributed by atoms with Crippen LogP contribution in [0.5, 0.6) is 0 Å². The van der Waals surface area contributed by atoms with Gasteiger partial charge in [-0.05, 0) is 24.3 Å². The zero-order valence-electron chi connectivity index (χ0n) is 11.5. The summed E-state index contributed by atoms with van der Waals surface area (Å²) in [7, 11) is 0. The molecule has 4 heteroatoms. The third-order valence-electron chi connectivity index (χ3n) is 2.85. The summed E-state index contributed by atoms with van der Waals surface area (Å²) in [6.45, 7) is 2.94. The van der Waals surface area contributed by atoms with Crippen molar-refractivity contribution in [1.82, 2.24) is 5.32 Å². The zero-order valence-corrected chi connectivity index (χ0v) is 12.3. The molecule has 3 nitrogen and oxygen atoms in total. The highest BCUT2D eigenvalue weighted by Gasteiger charge is 2.03. The molecular weight excluding hydrogens is 258 g/mol. The molecule has 0 saturated heterocycles. The average molecular weight is 281 g/mol. The van der Waals surface area contributed by atoms with E-state index in [2.05, 4.69) is 17.4 Å². The largest absolute Gasteiger partial charge is 0.396 e. The van der Waals surface area contributed by atoms with E-state index in [1.807, 2.05) is 25.1 Å². The molecule has 0 radical (unpaired) electrons. The molecule has 1 amide bonds. The average Bonchev–Trinajstić information content (AvgIpc) is 2.44. The maximum absolute atomic E-state index is 11.6. The molecule has 0 fully saturated rings. The van der Waals surface area contributed by atoms with Crippen LogP contribution in [0, 0.1) is 5.92 Å². The van der Waals surface area contributed by atoms with E-state index in [0.29, 0.717) is 18.2 Å². The number of thioether (sulfide) groups is 1. The number of carbonyl (C=O) groups is 1. The van der Waals surface area contributed by atoms with Crippen LogP contribution in [0.25, 0.3) is 0 Å². The van der Waals surface area contributed by atoms with Crippen LogP contribution in [-0.4, -0.2) is 29.9 Å². The van der Waals surface area contributed by atoms with Gasteiger partial charge in [-0.3, -0.25) is 4.79 Å². The molecule has 1 rings (SSSR count). The number of hydrogen-bond donors (Lipinski definition) is 2. The van der Waals surface area contributed by atoms with Crippen LogP contribution in [0.15, 0.2) is 30.3 Å². The van der Waals surface area contributed by atoms with Gasteiger partial charge in [0.15, 0.2) is 0 Å². The van der Waals surface area contributed by atoms with Gasteiger partial charge in [-0.25, -0.2) is 0 Å². The second kappa shape index (κ2) is 9.87. The summed E-state index contributed by atoms with van der Waals surface area (Å²) in [5, 5.41) is 11.8.